The van der Waals surface area contributed by atoms with Gasteiger partial charge in [0.15, 0.2) is 0 Å². The number of hydrogen-bond donors (Lipinski definition) is 1. The zero-order chi connectivity index (χ0) is 14.3. The van der Waals surface area contributed by atoms with Crippen LogP contribution in [0.25, 0.3) is 0 Å². The Kier molecular flexibility index (Phi) is 7.57. The van der Waals surface area contributed by atoms with Gasteiger partial charge in [0.25, 0.3) is 0 Å². The maximum absolute atomic E-state index is 6.25. The summed E-state index contributed by atoms with van der Waals surface area (Å²) >= 11 is 4.19. The lowest BCUT2D eigenvalue weighted by atomic mass is 9.79. The Morgan fingerprint density at radius 2 is 2.15 bits per heavy atom. The molecular formula is C16H31NOS2. The van der Waals surface area contributed by atoms with E-state index in [4.69, 9.17) is 4.74 Å². The van der Waals surface area contributed by atoms with Crippen LogP contribution in [0.3, 0.4) is 0 Å². The van der Waals surface area contributed by atoms with E-state index >= 15 is 0 Å². The van der Waals surface area contributed by atoms with Gasteiger partial charge in [0, 0.05) is 18.4 Å². The third kappa shape index (κ3) is 4.82. The lowest BCUT2D eigenvalue weighted by Crippen LogP contribution is -2.49. The standard InChI is InChI=1S/C16H31NOS2/c1-3-8-17-15(13-19-4-2)14-5-9-18-16(12-14)6-10-20-11-7-16/h14-15,17H,3-13H2,1-2H3. The summed E-state index contributed by atoms with van der Waals surface area (Å²) in [5.74, 6) is 5.91. The smallest absolute Gasteiger partial charge is 0.0701 e. The normalized spacial score (nSPS) is 27.6. The quantitative estimate of drug-likeness (QED) is 0.770. The molecule has 0 radical (unpaired) electrons. The Bertz CT molecular complexity index is 256. The lowest BCUT2D eigenvalue weighted by Gasteiger charge is -2.45. The second-order valence-electron chi connectivity index (χ2n) is 6.12. The summed E-state index contributed by atoms with van der Waals surface area (Å²) < 4.78 is 6.25. The van der Waals surface area contributed by atoms with E-state index in [1.807, 2.05) is 0 Å². The maximum Gasteiger partial charge on any atom is 0.0701 e. The Hall–Kier alpha value is 0.620. The summed E-state index contributed by atoms with van der Waals surface area (Å²) in [6.45, 7) is 6.68. The van der Waals surface area contributed by atoms with Crippen LogP contribution in [0.4, 0.5) is 0 Å². The van der Waals surface area contributed by atoms with Crippen LogP contribution in [0, 0.1) is 5.92 Å². The van der Waals surface area contributed by atoms with Gasteiger partial charge in [0.1, 0.15) is 0 Å². The van der Waals surface area contributed by atoms with Crippen molar-refractivity contribution in [2.24, 2.45) is 5.92 Å². The van der Waals surface area contributed by atoms with E-state index in [0.29, 0.717) is 6.04 Å². The average Bonchev–Trinajstić information content (AvgIpc) is 2.48. The topological polar surface area (TPSA) is 21.3 Å². The Balaban J connectivity index is 1.92. The highest BCUT2D eigenvalue weighted by atomic mass is 32.2. The van der Waals surface area contributed by atoms with Gasteiger partial charge < -0.3 is 10.1 Å². The molecule has 1 N–H and O–H groups in total. The molecule has 4 heteroatoms. The monoisotopic (exact) mass is 317 g/mol. The van der Waals surface area contributed by atoms with E-state index in [2.05, 4.69) is 42.7 Å². The molecule has 0 amide bonds. The molecule has 2 heterocycles. The van der Waals surface area contributed by atoms with Gasteiger partial charge in [-0.05, 0) is 61.8 Å². The van der Waals surface area contributed by atoms with Crippen molar-refractivity contribution in [2.75, 3.05) is 36.2 Å². The highest BCUT2D eigenvalue weighted by Crippen LogP contribution is 2.41. The Labute approximate surface area is 133 Å². The van der Waals surface area contributed by atoms with Gasteiger partial charge in [-0.25, -0.2) is 0 Å². The predicted octanol–water partition coefficient (Wildman–Crippen LogP) is 3.80. The van der Waals surface area contributed by atoms with E-state index in [1.165, 1.54) is 55.1 Å². The van der Waals surface area contributed by atoms with Gasteiger partial charge in [-0.1, -0.05) is 13.8 Å². The number of ether oxygens (including phenoxy) is 1. The molecule has 2 aliphatic heterocycles. The molecule has 0 aromatic heterocycles. The third-order valence-corrected chi connectivity index (χ3v) is 6.65. The predicted molar refractivity (Wildman–Crippen MR) is 93.0 cm³/mol. The summed E-state index contributed by atoms with van der Waals surface area (Å²) in [5.41, 5.74) is 0.233. The molecule has 2 nitrogen and oxygen atoms in total. The van der Waals surface area contributed by atoms with Crippen LogP contribution in [0.2, 0.25) is 0 Å². The fourth-order valence-electron chi connectivity index (χ4n) is 3.44. The van der Waals surface area contributed by atoms with Crippen LogP contribution >= 0.6 is 23.5 Å². The highest BCUT2D eigenvalue weighted by Gasteiger charge is 2.40. The largest absolute Gasteiger partial charge is 0.375 e. The van der Waals surface area contributed by atoms with Crippen LogP contribution < -0.4 is 5.32 Å². The molecule has 2 rings (SSSR count). The number of nitrogens with one attached hydrogen (secondary N) is 1. The molecule has 0 saturated carbocycles. The van der Waals surface area contributed by atoms with E-state index in [1.54, 1.807) is 0 Å². The fraction of sp³-hybridized carbons (Fsp3) is 1.00. The van der Waals surface area contributed by atoms with Crippen LogP contribution in [0.15, 0.2) is 0 Å². The van der Waals surface area contributed by atoms with Gasteiger partial charge in [-0.15, -0.1) is 0 Å². The fourth-order valence-corrected chi connectivity index (χ4v) is 5.55. The number of hydrogen-bond acceptors (Lipinski definition) is 4. The molecular weight excluding hydrogens is 286 g/mol. The van der Waals surface area contributed by atoms with Crippen molar-refractivity contribution in [1.29, 1.82) is 0 Å². The molecule has 2 aliphatic rings. The third-order valence-electron chi connectivity index (χ3n) is 4.66. The second kappa shape index (κ2) is 8.92. The summed E-state index contributed by atoms with van der Waals surface area (Å²) in [6, 6.07) is 0.690. The molecule has 0 aromatic carbocycles. The molecule has 2 atom stereocenters. The summed E-state index contributed by atoms with van der Waals surface area (Å²) in [6.07, 6.45) is 6.32. The van der Waals surface area contributed by atoms with Crippen molar-refractivity contribution in [3.05, 3.63) is 0 Å². The van der Waals surface area contributed by atoms with Crippen molar-refractivity contribution in [3.63, 3.8) is 0 Å². The first kappa shape index (κ1) is 17.0. The van der Waals surface area contributed by atoms with Gasteiger partial charge in [-0.2, -0.15) is 23.5 Å². The molecule has 0 aliphatic carbocycles. The molecule has 2 unspecified atom stereocenters. The first-order valence-corrected chi connectivity index (χ1v) is 10.6. The molecule has 118 valence electrons. The molecule has 20 heavy (non-hydrogen) atoms. The molecule has 0 bridgehead atoms. The number of thioether (sulfide) groups is 2. The maximum atomic E-state index is 6.25. The van der Waals surface area contributed by atoms with E-state index in [-0.39, 0.29) is 5.60 Å². The van der Waals surface area contributed by atoms with Crippen molar-refractivity contribution in [2.45, 2.75) is 57.6 Å². The van der Waals surface area contributed by atoms with E-state index in [0.717, 1.165) is 19.1 Å². The molecule has 1 spiro atoms. The first-order valence-electron chi connectivity index (χ1n) is 8.32. The zero-order valence-electron chi connectivity index (χ0n) is 13.2. The van der Waals surface area contributed by atoms with Gasteiger partial charge in [0.05, 0.1) is 5.60 Å². The van der Waals surface area contributed by atoms with Crippen LogP contribution in [0.5, 0.6) is 0 Å². The van der Waals surface area contributed by atoms with Gasteiger partial charge >= 0.3 is 0 Å². The van der Waals surface area contributed by atoms with Gasteiger partial charge in [-0.3, -0.25) is 0 Å². The lowest BCUT2D eigenvalue weighted by molar-refractivity contribution is -0.106. The Morgan fingerprint density at radius 1 is 1.35 bits per heavy atom. The van der Waals surface area contributed by atoms with Crippen molar-refractivity contribution < 1.29 is 4.74 Å². The highest BCUT2D eigenvalue weighted by molar-refractivity contribution is 7.99. The molecule has 2 fully saturated rings. The number of rotatable bonds is 7. The molecule has 2 saturated heterocycles. The van der Waals surface area contributed by atoms with E-state index in [9.17, 15) is 0 Å². The van der Waals surface area contributed by atoms with Crippen LogP contribution in [-0.2, 0) is 4.74 Å². The molecule has 0 aromatic rings. The minimum Gasteiger partial charge on any atom is -0.375 e. The minimum atomic E-state index is 0.233. The second-order valence-corrected chi connectivity index (χ2v) is 8.66. The summed E-state index contributed by atoms with van der Waals surface area (Å²) in [4.78, 5) is 0. The summed E-state index contributed by atoms with van der Waals surface area (Å²) in [7, 11) is 0. The minimum absolute atomic E-state index is 0.233. The Morgan fingerprint density at radius 3 is 2.85 bits per heavy atom. The SMILES string of the molecule is CCCNC(CSCC)C1CCOC2(CCSCC2)C1. The van der Waals surface area contributed by atoms with Crippen molar-refractivity contribution >= 4 is 23.5 Å². The average molecular weight is 318 g/mol. The van der Waals surface area contributed by atoms with Crippen LogP contribution in [-0.4, -0.2) is 47.8 Å². The zero-order valence-corrected chi connectivity index (χ0v) is 14.8. The van der Waals surface area contributed by atoms with Crippen LogP contribution in [0.1, 0.15) is 46.0 Å². The summed E-state index contributed by atoms with van der Waals surface area (Å²) in [5, 5.41) is 3.81. The van der Waals surface area contributed by atoms with E-state index < -0.39 is 0 Å². The van der Waals surface area contributed by atoms with Gasteiger partial charge in [0.2, 0.25) is 0 Å². The van der Waals surface area contributed by atoms with Crippen molar-refractivity contribution in [3.8, 4) is 0 Å². The first-order chi connectivity index (χ1) is 9.79. The van der Waals surface area contributed by atoms with Crippen molar-refractivity contribution in [1.82, 2.24) is 5.32 Å².